The number of nitrogens with one attached hydrogen (secondary N) is 1. The van der Waals surface area contributed by atoms with Crippen molar-refractivity contribution in [3.05, 3.63) is 52.3 Å². The second kappa shape index (κ2) is 9.19. The summed E-state index contributed by atoms with van der Waals surface area (Å²) >= 11 is 6.45. The fourth-order valence-electron chi connectivity index (χ4n) is 3.17. The molecule has 1 aromatic carbocycles. The third kappa shape index (κ3) is 5.08. The van der Waals surface area contributed by atoms with Crippen molar-refractivity contribution in [2.75, 3.05) is 13.1 Å². The molecule has 2 aromatic rings. The number of hydrogen-bond acceptors (Lipinski definition) is 3. The maximum atomic E-state index is 12.6. The Kier molecular flexibility index (Phi) is 7.23. The number of aromatic nitrogens is 2. The summed E-state index contributed by atoms with van der Waals surface area (Å²) in [6.07, 6.45) is 0. The summed E-state index contributed by atoms with van der Waals surface area (Å²) in [6.45, 7) is 12.4. The van der Waals surface area contributed by atoms with Gasteiger partial charge in [0.25, 0.3) is 5.91 Å². The Balaban J connectivity index is 2.03. The monoisotopic (exact) mass is 376 g/mol. The summed E-state index contributed by atoms with van der Waals surface area (Å²) in [5, 5.41) is 7.80. The van der Waals surface area contributed by atoms with Crippen molar-refractivity contribution in [1.29, 1.82) is 0 Å². The van der Waals surface area contributed by atoms with E-state index in [1.54, 1.807) is 4.68 Å². The van der Waals surface area contributed by atoms with Gasteiger partial charge in [0, 0.05) is 25.2 Å². The van der Waals surface area contributed by atoms with Crippen molar-refractivity contribution < 1.29 is 4.79 Å². The van der Waals surface area contributed by atoms with E-state index in [0.29, 0.717) is 41.6 Å². The zero-order valence-corrected chi connectivity index (χ0v) is 17.0. The van der Waals surface area contributed by atoms with Crippen LogP contribution < -0.4 is 5.32 Å². The van der Waals surface area contributed by atoms with Gasteiger partial charge in [0.15, 0.2) is 0 Å². The van der Waals surface area contributed by atoms with E-state index in [-0.39, 0.29) is 5.91 Å². The highest BCUT2D eigenvalue weighted by Crippen LogP contribution is 2.21. The molecule has 0 fully saturated rings. The number of halogens is 1. The predicted octanol–water partition coefficient (Wildman–Crippen LogP) is 3.74. The molecule has 0 radical (unpaired) electrons. The van der Waals surface area contributed by atoms with Gasteiger partial charge in [-0.25, -0.2) is 4.68 Å². The van der Waals surface area contributed by atoms with Crippen LogP contribution in [0, 0.1) is 6.92 Å². The van der Waals surface area contributed by atoms with E-state index in [4.69, 9.17) is 11.6 Å². The molecule has 0 atom stereocenters. The lowest BCUT2D eigenvalue weighted by Crippen LogP contribution is -2.42. The Morgan fingerprint density at radius 2 is 1.81 bits per heavy atom. The SMILES string of the molecule is Cc1nn(Cc2ccccc2)c(Cl)c1C(=O)NCCN(C(C)C)C(C)C. The average Bonchev–Trinajstić information content (AvgIpc) is 2.85. The first-order chi connectivity index (χ1) is 12.3. The van der Waals surface area contributed by atoms with Gasteiger partial charge in [0.05, 0.1) is 17.8 Å². The molecule has 0 unspecified atom stereocenters. The molecule has 1 N–H and O–H groups in total. The smallest absolute Gasteiger partial charge is 0.256 e. The van der Waals surface area contributed by atoms with Crippen molar-refractivity contribution in [2.45, 2.75) is 53.2 Å². The second-order valence-corrected chi connectivity index (χ2v) is 7.43. The highest BCUT2D eigenvalue weighted by Gasteiger charge is 2.21. The van der Waals surface area contributed by atoms with Crippen LogP contribution in [0.25, 0.3) is 0 Å². The van der Waals surface area contributed by atoms with Crippen LogP contribution in [0.2, 0.25) is 5.15 Å². The number of carbonyl (C=O) groups is 1. The minimum Gasteiger partial charge on any atom is -0.351 e. The van der Waals surface area contributed by atoms with Gasteiger partial charge >= 0.3 is 0 Å². The first kappa shape index (κ1) is 20.5. The highest BCUT2D eigenvalue weighted by atomic mass is 35.5. The van der Waals surface area contributed by atoms with Crippen LogP contribution in [0.15, 0.2) is 30.3 Å². The van der Waals surface area contributed by atoms with E-state index >= 15 is 0 Å². The topological polar surface area (TPSA) is 50.2 Å². The van der Waals surface area contributed by atoms with Gasteiger partial charge in [-0.1, -0.05) is 41.9 Å². The van der Waals surface area contributed by atoms with Crippen LogP contribution in [0.3, 0.4) is 0 Å². The molecule has 6 heteroatoms. The van der Waals surface area contributed by atoms with Crippen LogP contribution in [-0.4, -0.2) is 45.8 Å². The zero-order chi connectivity index (χ0) is 19.3. The summed E-state index contributed by atoms with van der Waals surface area (Å²) in [6, 6.07) is 10.8. The largest absolute Gasteiger partial charge is 0.351 e. The zero-order valence-electron chi connectivity index (χ0n) is 16.3. The number of nitrogens with zero attached hydrogens (tertiary/aromatic N) is 3. The van der Waals surface area contributed by atoms with E-state index in [1.165, 1.54) is 0 Å². The van der Waals surface area contributed by atoms with Crippen LogP contribution >= 0.6 is 11.6 Å². The van der Waals surface area contributed by atoms with Crippen LogP contribution in [-0.2, 0) is 6.54 Å². The van der Waals surface area contributed by atoms with Crippen LogP contribution in [0.1, 0.15) is 49.3 Å². The molecule has 0 saturated heterocycles. The molecule has 1 amide bonds. The fourth-order valence-corrected chi connectivity index (χ4v) is 3.49. The van der Waals surface area contributed by atoms with Crippen molar-refractivity contribution in [1.82, 2.24) is 20.0 Å². The molecule has 0 saturated carbocycles. The normalized spacial score (nSPS) is 11.6. The molecule has 0 bridgehead atoms. The third-order valence-electron chi connectivity index (χ3n) is 4.45. The molecule has 1 heterocycles. The Bertz CT molecular complexity index is 717. The molecule has 26 heavy (non-hydrogen) atoms. The standard InChI is InChI=1S/C20H29ClN4O/c1-14(2)24(15(3)4)12-11-22-20(26)18-16(5)23-25(19(18)21)13-17-9-7-6-8-10-17/h6-10,14-15H,11-13H2,1-5H3,(H,22,26). The highest BCUT2D eigenvalue weighted by molar-refractivity contribution is 6.33. The minimum absolute atomic E-state index is 0.167. The lowest BCUT2D eigenvalue weighted by Gasteiger charge is -2.30. The number of amides is 1. The maximum Gasteiger partial charge on any atom is 0.256 e. The molecular weight excluding hydrogens is 348 g/mol. The average molecular weight is 377 g/mol. The Morgan fingerprint density at radius 3 is 2.38 bits per heavy atom. The summed E-state index contributed by atoms with van der Waals surface area (Å²) in [4.78, 5) is 14.9. The quantitative estimate of drug-likeness (QED) is 0.763. The molecule has 0 aliphatic carbocycles. The van der Waals surface area contributed by atoms with Gasteiger partial charge < -0.3 is 5.32 Å². The molecule has 0 spiro atoms. The third-order valence-corrected chi connectivity index (χ3v) is 4.83. The van der Waals surface area contributed by atoms with Crippen LogP contribution in [0.5, 0.6) is 0 Å². The van der Waals surface area contributed by atoms with Gasteiger partial charge in [-0.3, -0.25) is 9.69 Å². The number of carbonyl (C=O) groups excluding carboxylic acids is 1. The Labute approximate surface area is 161 Å². The molecule has 0 aliphatic heterocycles. The lowest BCUT2D eigenvalue weighted by atomic mass is 10.2. The lowest BCUT2D eigenvalue weighted by molar-refractivity contribution is 0.0939. The number of hydrogen-bond donors (Lipinski definition) is 1. The molecule has 5 nitrogen and oxygen atoms in total. The van der Waals surface area contributed by atoms with E-state index in [1.807, 2.05) is 37.3 Å². The van der Waals surface area contributed by atoms with E-state index < -0.39 is 0 Å². The summed E-state index contributed by atoms with van der Waals surface area (Å²) in [7, 11) is 0. The van der Waals surface area contributed by atoms with Gasteiger partial charge in [-0.05, 0) is 40.2 Å². The van der Waals surface area contributed by atoms with Crippen molar-refractivity contribution in [3.63, 3.8) is 0 Å². The maximum absolute atomic E-state index is 12.6. The van der Waals surface area contributed by atoms with E-state index in [0.717, 1.165) is 12.1 Å². The molecule has 2 rings (SSSR count). The predicted molar refractivity (Wildman–Crippen MR) is 107 cm³/mol. The fraction of sp³-hybridized carbons (Fsp3) is 0.500. The number of benzene rings is 1. The first-order valence-corrected chi connectivity index (χ1v) is 9.49. The first-order valence-electron chi connectivity index (χ1n) is 9.12. The summed E-state index contributed by atoms with van der Waals surface area (Å²) in [5.41, 5.74) is 2.20. The molecule has 0 aliphatic rings. The van der Waals surface area contributed by atoms with Crippen LogP contribution in [0.4, 0.5) is 0 Å². The second-order valence-electron chi connectivity index (χ2n) is 7.08. The van der Waals surface area contributed by atoms with Gasteiger partial charge in [-0.15, -0.1) is 0 Å². The van der Waals surface area contributed by atoms with Gasteiger partial charge in [-0.2, -0.15) is 5.10 Å². The molecule has 142 valence electrons. The van der Waals surface area contributed by atoms with E-state index in [9.17, 15) is 4.79 Å². The minimum atomic E-state index is -0.167. The Morgan fingerprint density at radius 1 is 1.19 bits per heavy atom. The van der Waals surface area contributed by atoms with Crippen molar-refractivity contribution in [3.8, 4) is 0 Å². The Hall–Kier alpha value is -1.85. The molecule has 1 aromatic heterocycles. The summed E-state index contributed by atoms with van der Waals surface area (Å²) in [5.74, 6) is -0.167. The van der Waals surface area contributed by atoms with Crippen molar-refractivity contribution in [2.24, 2.45) is 0 Å². The summed E-state index contributed by atoms with van der Waals surface area (Å²) < 4.78 is 1.68. The van der Waals surface area contributed by atoms with Gasteiger partial charge in [0.2, 0.25) is 0 Å². The van der Waals surface area contributed by atoms with Crippen molar-refractivity contribution >= 4 is 17.5 Å². The number of aryl methyl sites for hydroxylation is 1. The number of rotatable bonds is 8. The van der Waals surface area contributed by atoms with Gasteiger partial charge in [0.1, 0.15) is 5.15 Å². The molecular formula is C20H29ClN4O. The van der Waals surface area contributed by atoms with E-state index in [2.05, 4.69) is 43.0 Å².